The fraction of sp³-hybridized carbons (Fsp3) is 0.429. The minimum atomic E-state index is -0.661. The molecule has 1 unspecified atom stereocenters. The highest BCUT2D eigenvalue weighted by Crippen LogP contribution is 2.08. The first kappa shape index (κ1) is 15.2. The average molecular weight is 263 g/mol. The number of amides is 2. The molecule has 0 heterocycles. The summed E-state index contributed by atoms with van der Waals surface area (Å²) in [6.07, 6.45) is 0.713. The van der Waals surface area contributed by atoms with Crippen LogP contribution in [0.2, 0.25) is 0 Å². The fourth-order valence-corrected chi connectivity index (χ4v) is 1.83. The summed E-state index contributed by atoms with van der Waals surface area (Å²) in [6.45, 7) is 4.20. The lowest BCUT2D eigenvalue weighted by molar-refractivity contribution is -0.120. The maximum absolute atomic E-state index is 12.1. The average Bonchev–Trinajstić information content (AvgIpc) is 2.35. The summed E-state index contributed by atoms with van der Waals surface area (Å²) < 4.78 is 0. The quantitative estimate of drug-likeness (QED) is 0.694. The Labute approximate surface area is 113 Å². The van der Waals surface area contributed by atoms with Crippen LogP contribution in [0.3, 0.4) is 0 Å². The van der Waals surface area contributed by atoms with Gasteiger partial charge >= 0.3 is 0 Å². The van der Waals surface area contributed by atoms with Gasteiger partial charge in [-0.2, -0.15) is 0 Å². The second-order valence-electron chi connectivity index (χ2n) is 4.84. The monoisotopic (exact) mass is 263 g/mol. The zero-order valence-electron chi connectivity index (χ0n) is 11.3. The molecule has 0 aliphatic rings. The minimum Gasteiger partial charge on any atom is -0.368 e. The lowest BCUT2D eigenvalue weighted by Crippen LogP contribution is -2.47. The van der Waals surface area contributed by atoms with Crippen molar-refractivity contribution in [2.45, 2.75) is 26.3 Å². The van der Waals surface area contributed by atoms with Crippen LogP contribution in [0.25, 0.3) is 0 Å². The Morgan fingerprint density at radius 1 is 1.32 bits per heavy atom. The largest absolute Gasteiger partial charge is 0.368 e. The molecule has 104 valence electrons. The highest BCUT2D eigenvalue weighted by molar-refractivity contribution is 5.97. The van der Waals surface area contributed by atoms with E-state index >= 15 is 0 Å². The van der Waals surface area contributed by atoms with Crippen molar-refractivity contribution in [1.29, 1.82) is 0 Å². The number of benzene rings is 1. The first-order valence-corrected chi connectivity index (χ1v) is 6.35. The third-order valence-electron chi connectivity index (χ3n) is 2.88. The van der Waals surface area contributed by atoms with Gasteiger partial charge in [0.25, 0.3) is 5.91 Å². The van der Waals surface area contributed by atoms with Crippen LogP contribution in [0, 0.1) is 5.92 Å². The minimum absolute atomic E-state index is 0.0475. The number of rotatable bonds is 6. The molecule has 19 heavy (non-hydrogen) atoms. The second-order valence-corrected chi connectivity index (χ2v) is 4.84. The lowest BCUT2D eigenvalue weighted by Gasteiger charge is -2.19. The van der Waals surface area contributed by atoms with E-state index in [0.29, 0.717) is 18.5 Å². The summed E-state index contributed by atoms with van der Waals surface area (Å²) in [7, 11) is 0. The smallest absolute Gasteiger partial charge is 0.251 e. The van der Waals surface area contributed by atoms with Crippen LogP contribution >= 0.6 is 0 Å². The van der Waals surface area contributed by atoms with E-state index in [0.717, 1.165) is 5.56 Å². The number of nitrogens with two attached hydrogens (primary N) is 2. The number of primary amides is 1. The van der Waals surface area contributed by atoms with E-state index in [9.17, 15) is 9.59 Å². The van der Waals surface area contributed by atoms with E-state index in [1.165, 1.54) is 0 Å². The molecule has 5 heteroatoms. The van der Waals surface area contributed by atoms with Gasteiger partial charge in [0.05, 0.1) is 0 Å². The summed E-state index contributed by atoms with van der Waals surface area (Å²) in [5.74, 6) is -0.869. The highest BCUT2D eigenvalue weighted by atomic mass is 16.2. The van der Waals surface area contributed by atoms with Crippen LogP contribution in [0.1, 0.15) is 29.8 Å². The van der Waals surface area contributed by atoms with Crippen molar-refractivity contribution in [1.82, 2.24) is 5.32 Å². The van der Waals surface area contributed by atoms with Gasteiger partial charge in [-0.25, -0.2) is 0 Å². The van der Waals surface area contributed by atoms with Gasteiger partial charge in [-0.1, -0.05) is 26.0 Å². The van der Waals surface area contributed by atoms with Crippen LogP contribution in [0.5, 0.6) is 0 Å². The third kappa shape index (κ3) is 4.37. The molecule has 2 amide bonds. The van der Waals surface area contributed by atoms with Crippen LogP contribution < -0.4 is 16.8 Å². The summed E-state index contributed by atoms with van der Waals surface area (Å²) in [4.78, 5) is 23.3. The molecular formula is C14H21N3O2. The van der Waals surface area contributed by atoms with Gasteiger partial charge in [-0.3, -0.25) is 9.59 Å². The van der Waals surface area contributed by atoms with Gasteiger partial charge in [0, 0.05) is 5.56 Å². The van der Waals surface area contributed by atoms with E-state index in [1.54, 1.807) is 18.2 Å². The topological polar surface area (TPSA) is 98.2 Å². The molecule has 1 aromatic rings. The molecule has 0 aliphatic carbocycles. The van der Waals surface area contributed by atoms with E-state index in [4.69, 9.17) is 11.5 Å². The van der Waals surface area contributed by atoms with Crippen molar-refractivity contribution in [3.63, 3.8) is 0 Å². The molecule has 1 atom stereocenters. The van der Waals surface area contributed by atoms with Crippen molar-refractivity contribution < 1.29 is 9.59 Å². The van der Waals surface area contributed by atoms with Crippen molar-refractivity contribution in [2.75, 3.05) is 6.54 Å². The molecule has 1 aromatic carbocycles. The molecule has 0 radical (unpaired) electrons. The van der Waals surface area contributed by atoms with Crippen molar-refractivity contribution >= 4 is 11.8 Å². The highest BCUT2D eigenvalue weighted by Gasteiger charge is 2.22. The predicted octanol–water partition coefficient (Wildman–Crippen LogP) is 0.428. The first-order valence-electron chi connectivity index (χ1n) is 6.35. The first-order chi connectivity index (χ1) is 8.95. The Balaban J connectivity index is 2.82. The molecule has 0 aromatic heterocycles. The van der Waals surface area contributed by atoms with Crippen LogP contribution in [0.15, 0.2) is 24.3 Å². The fourth-order valence-electron chi connectivity index (χ4n) is 1.83. The predicted molar refractivity (Wildman–Crippen MR) is 74.5 cm³/mol. The molecule has 0 fully saturated rings. The molecule has 0 spiro atoms. The van der Waals surface area contributed by atoms with Gasteiger partial charge in [0.2, 0.25) is 5.91 Å². The molecule has 0 saturated heterocycles. The second kappa shape index (κ2) is 6.89. The summed E-state index contributed by atoms with van der Waals surface area (Å²) in [6, 6.07) is 6.53. The van der Waals surface area contributed by atoms with Gasteiger partial charge in [0.1, 0.15) is 6.04 Å². The van der Waals surface area contributed by atoms with E-state index in [-0.39, 0.29) is 11.8 Å². The third-order valence-corrected chi connectivity index (χ3v) is 2.88. The van der Waals surface area contributed by atoms with E-state index < -0.39 is 11.9 Å². The molecular weight excluding hydrogens is 242 g/mol. The maximum atomic E-state index is 12.1. The Morgan fingerprint density at radius 2 is 2.00 bits per heavy atom. The maximum Gasteiger partial charge on any atom is 0.251 e. The summed E-state index contributed by atoms with van der Waals surface area (Å²) in [5.41, 5.74) is 12.3. The number of hydrogen-bond donors (Lipinski definition) is 3. The van der Waals surface area contributed by atoms with E-state index in [2.05, 4.69) is 5.32 Å². The Hall–Kier alpha value is -1.88. The Kier molecular flexibility index (Phi) is 5.51. The zero-order valence-corrected chi connectivity index (χ0v) is 11.3. The molecule has 5 nitrogen and oxygen atoms in total. The van der Waals surface area contributed by atoms with Crippen LogP contribution in [-0.2, 0) is 11.2 Å². The molecule has 1 rings (SSSR count). The summed E-state index contributed by atoms with van der Waals surface area (Å²) >= 11 is 0. The Morgan fingerprint density at radius 3 is 2.53 bits per heavy atom. The molecule has 0 aliphatic heterocycles. The number of carbonyl (C=O) groups is 2. The van der Waals surface area contributed by atoms with Gasteiger partial charge < -0.3 is 16.8 Å². The van der Waals surface area contributed by atoms with Crippen molar-refractivity contribution in [3.8, 4) is 0 Å². The number of hydrogen-bond acceptors (Lipinski definition) is 3. The number of nitrogens with one attached hydrogen (secondary N) is 1. The van der Waals surface area contributed by atoms with Crippen molar-refractivity contribution in [2.24, 2.45) is 17.4 Å². The standard InChI is InChI=1S/C14H21N3O2/c1-9(2)12(13(16)18)17-14(19)11-5-3-4-10(8-11)6-7-15/h3-5,8-9,12H,6-7,15H2,1-2H3,(H2,16,18)(H,17,19). The molecule has 5 N–H and O–H groups in total. The van der Waals surface area contributed by atoms with Crippen molar-refractivity contribution in [3.05, 3.63) is 35.4 Å². The summed E-state index contributed by atoms with van der Waals surface area (Å²) in [5, 5.41) is 2.66. The zero-order chi connectivity index (χ0) is 14.4. The Bertz CT molecular complexity index is 458. The lowest BCUT2D eigenvalue weighted by atomic mass is 10.0. The number of carbonyl (C=O) groups excluding carboxylic acids is 2. The van der Waals surface area contributed by atoms with E-state index in [1.807, 2.05) is 19.9 Å². The normalized spacial score (nSPS) is 12.2. The SMILES string of the molecule is CC(C)C(NC(=O)c1cccc(CCN)c1)C(N)=O. The molecule has 0 saturated carbocycles. The van der Waals surface area contributed by atoms with Gasteiger partial charge in [-0.15, -0.1) is 0 Å². The van der Waals surface area contributed by atoms with Gasteiger partial charge in [0.15, 0.2) is 0 Å². The van der Waals surface area contributed by atoms with Gasteiger partial charge in [-0.05, 0) is 36.6 Å². The van der Waals surface area contributed by atoms with Crippen LogP contribution in [0.4, 0.5) is 0 Å². The molecule has 0 bridgehead atoms. The van der Waals surface area contributed by atoms with Crippen LogP contribution in [-0.4, -0.2) is 24.4 Å².